The predicted molar refractivity (Wildman–Crippen MR) is 92.5 cm³/mol. The van der Waals surface area contributed by atoms with Gasteiger partial charge in [-0.15, -0.1) is 0 Å². The van der Waals surface area contributed by atoms with Crippen LogP contribution in [0.25, 0.3) is 0 Å². The van der Waals surface area contributed by atoms with E-state index < -0.39 is 11.5 Å². The Morgan fingerprint density at radius 2 is 2.08 bits per heavy atom. The van der Waals surface area contributed by atoms with Gasteiger partial charge in [0.15, 0.2) is 0 Å². The van der Waals surface area contributed by atoms with Gasteiger partial charge in [-0.3, -0.25) is 14.8 Å². The van der Waals surface area contributed by atoms with Crippen molar-refractivity contribution in [3.63, 3.8) is 0 Å². The van der Waals surface area contributed by atoms with Gasteiger partial charge in [0, 0.05) is 17.7 Å². The van der Waals surface area contributed by atoms with Crippen molar-refractivity contribution in [1.82, 2.24) is 10.4 Å². The van der Waals surface area contributed by atoms with Crippen LogP contribution in [0.3, 0.4) is 0 Å². The van der Waals surface area contributed by atoms with Gasteiger partial charge in [0.25, 0.3) is 5.91 Å². The van der Waals surface area contributed by atoms with E-state index in [-0.39, 0.29) is 44.0 Å². The lowest BCUT2D eigenvalue weighted by Gasteiger charge is -2.29. The molecule has 0 radical (unpaired) electrons. The topological polar surface area (TPSA) is 99.1 Å². The minimum Gasteiger partial charge on any atom is -0.491 e. The number of carbonyl (C=O) groups is 2. The Labute approximate surface area is 148 Å². The number of hydrogen-bond donors (Lipinski definition) is 3. The number of aliphatic hydroxyl groups is 1. The molecule has 0 saturated carbocycles. The van der Waals surface area contributed by atoms with Gasteiger partial charge in [0.1, 0.15) is 12.4 Å². The summed E-state index contributed by atoms with van der Waals surface area (Å²) in [7, 11) is 0. The van der Waals surface area contributed by atoms with Crippen molar-refractivity contribution in [3.8, 4) is 5.75 Å². The maximum Gasteiger partial charge on any atom is 0.274 e. The van der Waals surface area contributed by atoms with E-state index >= 15 is 0 Å². The molecule has 1 atom stereocenters. The van der Waals surface area contributed by atoms with Crippen molar-refractivity contribution in [2.24, 2.45) is 0 Å². The Hall–Kier alpha value is -1.77. The van der Waals surface area contributed by atoms with Crippen molar-refractivity contribution in [1.29, 1.82) is 0 Å². The largest absolute Gasteiger partial charge is 0.491 e. The molecule has 2 amide bonds. The summed E-state index contributed by atoms with van der Waals surface area (Å²) in [5.41, 5.74) is 1.55. The van der Waals surface area contributed by atoms with Crippen LogP contribution < -0.4 is 10.2 Å². The second kappa shape index (κ2) is 7.87. The first-order chi connectivity index (χ1) is 10.7. The second-order valence-corrected chi connectivity index (χ2v) is 6.43. The zero-order valence-corrected chi connectivity index (χ0v) is 15.0. The molecule has 24 heavy (non-hydrogen) atoms. The maximum absolute atomic E-state index is 12.4. The summed E-state index contributed by atoms with van der Waals surface area (Å²) in [5, 5.41) is 18.5. The van der Waals surface area contributed by atoms with E-state index in [1.165, 1.54) is 6.07 Å². The van der Waals surface area contributed by atoms with E-state index in [9.17, 15) is 14.7 Å². The smallest absolute Gasteiger partial charge is 0.274 e. The molecule has 134 valence electrons. The van der Waals surface area contributed by atoms with Crippen molar-refractivity contribution >= 4 is 25.3 Å². The van der Waals surface area contributed by atoms with Gasteiger partial charge >= 0.3 is 0 Å². The predicted octanol–water partition coefficient (Wildman–Crippen LogP) is 1.19. The summed E-state index contributed by atoms with van der Waals surface area (Å²) in [6.45, 7) is 5.69. The van der Waals surface area contributed by atoms with Crippen LogP contribution in [0.15, 0.2) is 18.2 Å². The van der Waals surface area contributed by atoms with Crippen LogP contribution >= 0.6 is 13.5 Å². The number of benzene rings is 1. The summed E-state index contributed by atoms with van der Waals surface area (Å²) < 4.78 is 5.69. The molecule has 3 N–H and O–H groups in total. The van der Waals surface area contributed by atoms with Gasteiger partial charge in [-0.25, -0.2) is 5.48 Å². The molecule has 1 aliphatic rings. The fraction of sp³-hybridized carbons (Fsp3) is 0.500. The van der Waals surface area contributed by atoms with Crippen molar-refractivity contribution in [3.05, 3.63) is 29.3 Å². The molecule has 0 unspecified atom stereocenters. The number of hydroxylamine groups is 1. The average Bonchev–Trinajstić information content (AvgIpc) is 2.63. The van der Waals surface area contributed by atoms with Crippen LogP contribution in [-0.2, 0) is 11.3 Å². The molecule has 0 aliphatic carbocycles. The van der Waals surface area contributed by atoms with Crippen LogP contribution in [0.1, 0.15) is 43.1 Å². The number of hydrogen-bond acceptors (Lipinski definition) is 5. The van der Waals surface area contributed by atoms with E-state index in [1.54, 1.807) is 36.4 Å². The van der Waals surface area contributed by atoms with Gasteiger partial charge in [0.05, 0.1) is 18.1 Å². The van der Waals surface area contributed by atoms with Crippen LogP contribution in [0.4, 0.5) is 0 Å². The molecule has 0 aromatic heterocycles. The monoisotopic (exact) mass is 356 g/mol. The highest BCUT2D eigenvalue weighted by Gasteiger charge is 2.29. The number of amides is 2. The van der Waals surface area contributed by atoms with Gasteiger partial charge < -0.3 is 14.7 Å². The molecular weight excluding hydrogens is 332 g/mol. The molecule has 0 spiro atoms. The lowest BCUT2D eigenvalue weighted by molar-refractivity contribution is -0.138. The number of nitrogens with zero attached hydrogens (tertiary/aromatic N) is 1. The lowest BCUT2D eigenvalue weighted by Crippen LogP contribution is -2.42. The quantitative estimate of drug-likeness (QED) is 0.558. The van der Waals surface area contributed by atoms with Crippen molar-refractivity contribution in [2.75, 3.05) is 6.61 Å². The first-order valence-electron chi connectivity index (χ1n) is 7.43. The molecule has 2 rings (SSSR count). The number of ether oxygens (including phenoxy) is 1. The zero-order chi connectivity index (χ0) is 17.2. The molecule has 1 heterocycles. The fourth-order valence-corrected chi connectivity index (χ4v) is 2.47. The number of nitrogens with one attached hydrogen (secondary N) is 1. The Kier molecular flexibility index (Phi) is 6.65. The van der Waals surface area contributed by atoms with Crippen LogP contribution in [-0.4, -0.2) is 45.3 Å². The molecule has 0 fully saturated rings. The molecular formula is C16H24N2O5S. The first-order valence-corrected chi connectivity index (χ1v) is 7.43. The Morgan fingerprint density at radius 1 is 1.42 bits per heavy atom. The summed E-state index contributed by atoms with van der Waals surface area (Å²) in [6, 6.07) is 4.63. The highest BCUT2D eigenvalue weighted by atomic mass is 32.1. The standard InChI is InChI=1S/C16H22N2O5.H2S/c1-10-9-23-13-6-11(15(20)17-22)4-5-12(13)8-18(10)14(19)7-16(2,3)21;/h4-6,10,21-22H,7-9H2,1-3H3,(H,17,20);1H2/t10-;/m0./s1. The van der Waals surface area contributed by atoms with Crippen molar-refractivity contribution < 1.29 is 24.6 Å². The summed E-state index contributed by atoms with van der Waals surface area (Å²) in [4.78, 5) is 25.6. The van der Waals surface area contributed by atoms with E-state index in [0.29, 0.717) is 12.3 Å². The SMILES string of the molecule is C[C@H]1COc2cc(C(=O)NO)ccc2CN1C(=O)CC(C)(C)O.S. The Bertz CT molecular complexity index is 615. The van der Waals surface area contributed by atoms with E-state index in [0.717, 1.165) is 5.56 Å². The average molecular weight is 356 g/mol. The molecule has 0 bridgehead atoms. The van der Waals surface area contributed by atoms with Gasteiger partial charge in [-0.2, -0.15) is 13.5 Å². The molecule has 8 heteroatoms. The molecule has 0 saturated heterocycles. The fourth-order valence-electron chi connectivity index (χ4n) is 2.47. The number of carbonyl (C=O) groups excluding carboxylic acids is 2. The van der Waals surface area contributed by atoms with Crippen molar-refractivity contribution in [2.45, 2.75) is 45.4 Å². The van der Waals surface area contributed by atoms with Gasteiger partial charge in [-0.05, 0) is 32.9 Å². The third-order valence-corrected chi connectivity index (χ3v) is 3.69. The maximum atomic E-state index is 12.4. The van der Waals surface area contributed by atoms with E-state index in [4.69, 9.17) is 9.94 Å². The Morgan fingerprint density at radius 3 is 2.67 bits per heavy atom. The first kappa shape index (κ1) is 20.3. The highest BCUT2D eigenvalue weighted by Crippen LogP contribution is 2.27. The van der Waals surface area contributed by atoms with Gasteiger partial charge in [0.2, 0.25) is 5.91 Å². The minimum absolute atomic E-state index is 0. The number of rotatable bonds is 3. The lowest BCUT2D eigenvalue weighted by atomic mass is 10.0. The molecule has 1 aliphatic heterocycles. The zero-order valence-electron chi connectivity index (χ0n) is 14.0. The van der Waals surface area contributed by atoms with Crippen LogP contribution in [0, 0.1) is 0 Å². The summed E-state index contributed by atoms with van der Waals surface area (Å²) in [5.74, 6) is -0.265. The van der Waals surface area contributed by atoms with Crippen LogP contribution in [0.2, 0.25) is 0 Å². The van der Waals surface area contributed by atoms with E-state index in [1.807, 2.05) is 6.92 Å². The van der Waals surface area contributed by atoms with Gasteiger partial charge in [-0.1, -0.05) is 6.07 Å². The molecule has 7 nitrogen and oxygen atoms in total. The molecule has 1 aromatic carbocycles. The summed E-state index contributed by atoms with van der Waals surface area (Å²) in [6.07, 6.45) is 0.0255. The van der Waals surface area contributed by atoms with Crippen LogP contribution in [0.5, 0.6) is 5.75 Å². The minimum atomic E-state index is -1.07. The third-order valence-electron chi connectivity index (χ3n) is 3.69. The normalized spacial score (nSPS) is 17.0. The Balaban J connectivity index is 0.00000288. The third kappa shape index (κ3) is 4.86. The van der Waals surface area contributed by atoms with E-state index in [2.05, 4.69) is 0 Å². The summed E-state index contributed by atoms with van der Waals surface area (Å²) >= 11 is 0. The highest BCUT2D eigenvalue weighted by molar-refractivity contribution is 7.59. The second-order valence-electron chi connectivity index (χ2n) is 6.43. The number of fused-ring (bicyclic) bond motifs is 1. The molecule has 1 aromatic rings.